The Morgan fingerprint density at radius 2 is 2.00 bits per heavy atom. The van der Waals surface area contributed by atoms with Crippen LogP contribution in [0.2, 0.25) is 0 Å². The fourth-order valence-electron chi connectivity index (χ4n) is 2.86. The summed E-state index contributed by atoms with van der Waals surface area (Å²) in [4.78, 5) is 22.7. The maximum atomic E-state index is 12.2. The lowest BCUT2D eigenvalue weighted by Gasteiger charge is -2.11. The predicted molar refractivity (Wildman–Crippen MR) is 115 cm³/mol. The number of anilines is 1. The van der Waals surface area contributed by atoms with Gasteiger partial charge in [-0.1, -0.05) is 29.4 Å². The molecule has 31 heavy (non-hydrogen) atoms. The minimum absolute atomic E-state index is 0.0506. The third kappa shape index (κ3) is 5.47. The van der Waals surface area contributed by atoms with Crippen molar-refractivity contribution < 1.29 is 23.7 Å². The monoisotopic (exact) mass is 423 g/mol. The average molecular weight is 423 g/mol. The molecular weight excluding hydrogens is 402 g/mol. The fraction of sp³-hybridized carbons (Fsp3) is 0.182. The van der Waals surface area contributed by atoms with Gasteiger partial charge in [-0.05, 0) is 55.3 Å². The highest BCUT2D eigenvalue weighted by Gasteiger charge is 2.22. The first kappa shape index (κ1) is 21.6. The number of methoxy groups -OCH3 is 1. The number of aryl methyl sites for hydroxylation is 2. The first-order valence-electron chi connectivity index (χ1n) is 9.33. The molecule has 0 saturated carbocycles. The summed E-state index contributed by atoms with van der Waals surface area (Å²) in [5.41, 5.74) is 2.45. The molecule has 0 saturated heterocycles. The molecule has 0 aliphatic heterocycles. The summed E-state index contributed by atoms with van der Waals surface area (Å²) in [7, 11) is 1.48. The Morgan fingerprint density at radius 3 is 2.71 bits per heavy atom. The van der Waals surface area contributed by atoms with Crippen LogP contribution in [0.3, 0.4) is 0 Å². The second-order valence-electron chi connectivity index (χ2n) is 6.69. The standard InChI is InChI=1S/C22H21N3O6/c1-14-5-4-6-17(11-14)23-21(26)13-30-18-9-7-16(12-20(18)29-3)8-10-19-22(25(27)28)15(2)24-31-19/h4-12H,13H2,1-3H3,(H,23,26)/b10-8-. The quantitative estimate of drug-likeness (QED) is 0.422. The summed E-state index contributed by atoms with van der Waals surface area (Å²) in [6.45, 7) is 3.25. The molecule has 0 bridgehead atoms. The second-order valence-corrected chi connectivity index (χ2v) is 6.69. The molecule has 0 radical (unpaired) electrons. The summed E-state index contributed by atoms with van der Waals surface area (Å²) in [5.74, 6) is 0.550. The van der Waals surface area contributed by atoms with E-state index >= 15 is 0 Å². The Morgan fingerprint density at radius 1 is 1.19 bits per heavy atom. The summed E-state index contributed by atoms with van der Waals surface area (Å²) in [5, 5.41) is 17.5. The van der Waals surface area contributed by atoms with Crippen molar-refractivity contribution in [3.05, 3.63) is 75.2 Å². The lowest BCUT2D eigenvalue weighted by Crippen LogP contribution is -2.20. The predicted octanol–water partition coefficient (Wildman–Crippen LogP) is 4.40. The van der Waals surface area contributed by atoms with Gasteiger partial charge in [-0.15, -0.1) is 0 Å². The van der Waals surface area contributed by atoms with E-state index in [1.54, 1.807) is 30.3 Å². The smallest absolute Gasteiger partial charge is 0.338 e. The number of nitrogens with zero attached hydrogens (tertiary/aromatic N) is 2. The van der Waals surface area contributed by atoms with Gasteiger partial charge in [0.25, 0.3) is 5.91 Å². The van der Waals surface area contributed by atoms with E-state index < -0.39 is 4.92 Å². The number of rotatable bonds is 8. The van der Waals surface area contributed by atoms with Crippen LogP contribution in [0.4, 0.5) is 11.4 Å². The van der Waals surface area contributed by atoms with Crippen molar-refractivity contribution in [1.82, 2.24) is 5.16 Å². The minimum Gasteiger partial charge on any atom is -0.493 e. The van der Waals surface area contributed by atoms with Gasteiger partial charge in [0.1, 0.15) is 0 Å². The summed E-state index contributed by atoms with van der Waals surface area (Å²) < 4.78 is 15.9. The van der Waals surface area contributed by atoms with Gasteiger partial charge in [-0.25, -0.2) is 0 Å². The number of aromatic nitrogens is 1. The average Bonchev–Trinajstić information content (AvgIpc) is 3.11. The molecule has 1 amide bonds. The molecule has 9 heteroatoms. The van der Waals surface area contributed by atoms with Crippen LogP contribution in [0.1, 0.15) is 22.6 Å². The molecule has 0 atom stereocenters. The van der Waals surface area contributed by atoms with Gasteiger partial charge in [0.05, 0.1) is 12.0 Å². The number of benzene rings is 2. The molecule has 1 N–H and O–H groups in total. The normalized spacial score (nSPS) is 10.8. The van der Waals surface area contributed by atoms with Gasteiger partial charge in [-0.3, -0.25) is 14.9 Å². The summed E-state index contributed by atoms with van der Waals surface area (Å²) in [6.07, 6.45) is 3.09. The van der Waals surface area contributed by atoms with Crippen LogP contribution in [0.15, 0.2) is 47.0 Å². The van der Waals surface area contributed by atoms with Gasteiger partial charge in [-0.2, -0.15) is 0 Å². The highest BCUT2D eigenvalue weighted by atomic mass is 16.6. The number of ether oxygens (including phenoxy) is 2. The van der Waals surface area contributed by atoms with E-state index in [0.717, 1.165) is 5.56 Å². The van der Waals surface area contributed by atoms with Crippen molar-refractivity contribution in [2.45, 2.75) is 13.8 Å². The molecule has 0 unspecified atom stereocenters. The van der Waals surface area contributed by atoms with E-state index in [9.17, 15) is 14.9 Å². The number of nitrogens with one attached hydrogen (secondary N) is 1. The molecule has 1 aromatic heterocycles. The van der Waals surface area contributed by atoms with Gasteiger partial charge in [0.15, 0.2) is 23.8 Å². The van der Waals surface area contributed by atoms with Gasteiger partial charge < -0.3 is 19.3 Å². The van der Waals surface area contributed by atoms with Crippen LogP contribution < -0.4 is 14.8 Å². The number of carbonyl (C=O) groups excluding carboxylic acids is 1. The zero-order valence-electron chi connectivity index (χ0n) is 17.2. The third-order valence-corrected chi connectivity index (χ3v) is 4.32. The lowest BCUT2D eigenvalue weighted by molar-refractivity contribution is -0.386. The summed E-state index contributed by atoms with van der Waals surface area (Å²) >= 11 is 0. The SMILES string of the molecule is COc1cc(/C=C\c2onc(C)c2[N+](=O)[O-])ccc1OCC(=O)Nc1cccc(C)c1. The number of hydrogen-bond acceptors (Lipinski definition) is 7. The Balaban J connectivity index is 1.67. The maximum Gasteiger partial charge on any atom is 0.338 e. The zero-order valence-corrected chi connectivity index (χ0v) is 17.2. The Labute approximate surface area is 178 Å². The Bertz CT molecular complexity index is 1140. The number of hydrogen-bond donors (Lipinski definition) is 1. The molecule has 9 nitrogen and oxygen atoms in total. The van der Waals surface area contributed by atoms with Gasteiger partial charge in [0, 0.05) is 5.69 Å². The van der Waals surface area contributed by atoms with Crippen molar-refractivity contribution in [2.75, 3.05) is 19.0 Å². The van der Waals surface area contributed by atoms with E-state index in [-0.39, 0.29) is 29.7 Å². The molecule has 0 aliphatic rings. The first-order valence-corrected chi connectivity index (χ1v) is 9.33. The second kappa shape index (κ2) is 9.57. The largest absolute Gasteiger partial charge is 0.493 e. The molecule has 0 spiro atoms. The van der Waals surface area contributed by atoms with E-state index in [1.807, 2.05) is 25.1 Å². The van der Waals surface area contributed by atoms with Crippen LogP contribution >= 0.6 is 0 Å². The van der Waals surface area contributed by atoms with Crippen LogP contribution in [-0.2, 0) is 4.79 Å². The van der Waals surface area contributed by atoms with Crippen molar-refractivity contribution in [1.29, 1.82) is 0 Å². The zero-order chi connectivity index (χ0) is 22.4. The Hall–Kier alpha value is -4.14. The maximum absolute atomic E-state index is 12.2. The molecule has 2 aromatic carbocycles. The Kier molecular flexibility index (Phi) is 6.66. The topological polar surface area (TPSA) is 117 Å². The van der Waals surface area contributed by atoms with E-state index in [4.69, 9.17) is 14.0 Å². The molecule has 0 fully saturated rings. The first-order chi connectivity index (χ1) is 14.9. The van der Waals surface area contributed by atoms with Crippen molar-refractivity contribution in [3.63, 3.8) is 0 Å². The number of carbonyl (C=O) groups is 1. The highest BCUT2D eigenvalue weighted by molar-refractivity contribution is 5.92. The van der Waals surface area contributed by atoms with Crippen molar-refractivity contribution in [3.8, 4) is 11.5 Å². The van der Waals surface area contributed by atoms with Crippen LogP contribution in [0.5, 0.6) is 11.5 Å². The van der Waals surface area contributed by atoms with Gasteiger partial charge >= 0.3 is 5.69 Å². The van der Waals surface area contributed by atoms with Crippen LogP contribution in [0.25, 0.3) is 12.2 Å². The molecular formula is C22H21N3O6. The van der Waals surface area contributed by atoms with Crippen molar-refractivity contribution >= 4 is 29.4 Å². The lowest BCUT2D eigenvalue weighted by atomic mass is 10.1. The number of amides is 1. The highest BCUT2D eigenvalue weighted by Crippen LogP contribution is 2.30. The minimum atomic E-state index is -0.537. The van der Waals surface area contributed by atoms with E-state index in [2.05, 4.69) is 10.5 Å². The summed E-state index contributed by atoms with van der Waals surface area (Å²) in [6, 6.07) is 12.5. The molecule has 0 aliphatic carbocycles. The van der Waals surface area contributed by atoms with Crippen LogP contribution in [-0.4, -0.2) is 29.7 Å². The van der Waals surface area contributed by atoms with Crippen molar-refractivity contribution in [2.24, 2.45) is 0 Å². The third-order valence-electron chi connectivity index (χ3n) is 4.32. The molecule has 1 heterocycles. The number of nitro groups is 1. The molecule has 160 valence electrons. The molecule has 3 aromatic rings. The molecule has 3 rings (SSSR count). The van der Waals surface area contributed by atoms with E-state index in [1.165, 1.54) is 20.1 Å². The van der Waals surface area contributed by atoms with Crippen LogP contribution in [0, 0.1) is 24.0 Å². The van der Waals surface area contributed by atoms with Gasteiger partial charge in [0.2, 0.25) is 5.76 Å². The van der Waals surface area contributed by atoms with E-state index in [0.29, 0.717) is 22.7 Å². The fourth-order valence-corrected chi connectivity index (χ4v) is 2.86.